The van der Waals surface area contributed by atoms with Gasteiger partial charge >= 0.3 is 0 Å². The summed E-state index contributed by atoms with van der Waals surface area (Å²) in [5.74, 6) is 0.116. The van der Waals surface area contributed by atoms with Gasteiger partial charge in [0.25, 0.3) is 0 Å². The highest BCUT2D eigenvalue weighted by Gasteiger charge is 2.13. The van der Waals surface area contributed by atoms with Crippen molar-refractivity contribution < 1.29 is 4.79 Å². The molecule has 4 nitrogen and oxygen atoms in total. The van der Waals surface area contributed by atoms with E-state index >= 15 is 0 Å². The van der Waals surface area contributed by atoms with Crippen LogP contribution in [0, 0.1) is 0 Å². The van der Waals surface area contributed by atoms with Crippen molar-refractivity contribution in [2.75, 3.05) is 7.05 Å². The summed E-state index contributed by atoms with van der Waals surface area (Å²) in [6, 6.07) is 8.28. The van der Waals surface area contributed by atoms with Gasteiger partial charge in [0.05, 0.1) is 0 Å². The number of carbonyl (C=O) groups excluding carboxylic acids is 1. The minimum Gasteiger partial charge on any atom is -0.342 e. The summed E-state index contributed by atoms with van der Waals surface area (Å²) in [5, 5.41) is 1.13. The van der Waals surface area contributed by atoms with E-state index in [-0.39, 0.29) is 11.9 Å². The molecule has 1 aromatic carbocycles. The Labute approximate surface area is 113 Å². The van der Waals surface area contributed by atoms with Crippen LogP contribution in [0.5, 0.6) is 0 Å². The molecule has 2 N–H and O–H groups in total. The molecular weight excluding hydrogens is 238 g/mol. The van der Waals surface area contributed by atoms with E-state index in [0.29, 0.717) is 13.1 Å². The fraction of sp³-hybridized carbons (Fsp3) is 0.400. The van der Waals surface area contributed by atoms with Gasteiger partial charge in [0.2, 0.25) is 5.91 Å². The first kappa shape index (κ1) is 13.6. The molecule has 0 saturated carbocycles. The molecule has 0 atom stereocenters. The molecule has 0 unspecified atom stereocenters. The van der Waals surface area contributed by atoms with Crippen LogP contribution in [0.15, 0.2) is 30.5 Å². The molecule has 0 radical (unpaired) electrons. The number of fused-ring (bicyclic) bond motifs is 1. The molecule has 1 heterocycles. The highest BCUT2D eigenvalue weighted by Crippen LogP contribution is 2.20. The number of aromatic nitrogens is 1. The number of likely N-dealkylation sites (N-methyl/N-ethyl adjacent to an activating group) is 1. The third-order valence-corrected chi connectivity index (χ3v) is 3.60. The van der Waals surface area contributed by atoms with Crippen LogP contribution in [0.25, 0.3) is 10.9 Å². The van der Waals surface area contributed by atoms with Crippen molar-refractivity contribution in [1.29, 1.82) is 0 Å². The number of carbonyl (C=O) groups is 1. The summed E-state index contributed by atoms with van der Waals surface area (Å²) in [5.41, 5.74) is 7.91. The lowest BCUT2D eigenvalue weighted by atomic mass is 10.1. The molecule has 0 spiro atoms. The lowest BCUT2D eigenvalue weighted by molar-refractivity contribution is -0.131. The van der Waals surface area contributed by atoms with Crippen molar-refractivity contribution in [3.8, 4) is 0 Å². The molecular formula is C15H21N3O. The van der Waals surface area contributed by atoms with Gasteiger partial charge in [-0.15, -0.1) is 0 Å². The SMILES string of the molecule is CC(C)N(C)C(=O)Cn1ccc2c(CN)cccc21. The number of nitrogens with zero attached hydrogens (tertiary/aromatic N) is 2. The molecule has 0 bridgehead atoms. The number of hydrogen-bond donors (Lipinski definition) is 1. The Morgan fingerprint density at radius 2 is 2.11 bits per heavy atom. The molecule has 102 valence electrons. The zero-order chi connectivity index (χ0) is 14.0. The summed E-state index contributed by atoms with van der Waals surface area (Å²) in [6.07, 6.45) is 1.95. The predicted octanol–water partition coefficient (Wildman–Crippen LogP) is 1.97. The minimum atomic E-state index is 0.116. The van der Waals surface area contributed by atoms with Gasteiger partial charge in [-0.05, 0) is 31.5 Å². The van der Waals surface area contributed by atoms with Gasteiger partial charge in [-0.1, -0.05) is 12.1 Å². The summed E-state index contributed by atoms with van der Waals surface area (Å²) in [4.78, 5) is 13.9. The molecule has 0 aliphatic carbocycles. The van der Waals surface area contributed by atoms with E-state index < -0.39 is 0 Å². The zero-order valence-corrected chi connectivity index (χ0v) is 11.8. The maximum atomic E-state index is 12.1. The Bertz CT molecular complexity index is 586. The molecule has 4 heteroatoms. The number of amides is 1. The smallest absolute Gasteiger partial charge is 0.242 e. The van der Waals surface area contributed by atoms with Gasteiger partial charge in [-0.2, -0.15) is 0 Å². The van der Waals surface area contributed by atoms with Gasteiger partial charge < -0.3 is 15.2 Å². The standard InChI is InChI=1S/C15H21N3O/c1-11(2)17(3)15(19)10-18-8-7-13-12(9-16)5-4-6-14(13)18/h4-8,11H,9-10,16H2,1-3H3. The first-order valence-electron chi connectivity index (χ1n) is 6.57. The Hall–Kier alpha value is -1.81. The van der Waals surface area contributed by atoms with E-state index in [2.05, 4.69) is 0 Å². The van der Waals surface area contributed by atoms with Crippen LogP contribution >= 0.6 is 0 Å². The first-order chi connectivity index (χ1) is 9.04. The van der Waals surface area contributed by atoms with Gasteiger partial charge in [0.1, 0.15) is 6.54 Å². The number of nitrogens with two attached hydrogens (primary N) is 1. The van der Waals surface area contributed by atoms with E-state index in [1.54, 1.807) is 4.90 Å². The highest BCUT2D eigenvalue weighted by atomic mass is 16.2. The van der Waals surface area contributed by atoms with E-state index in [9.17, 15) is 4.79 Å². The average molecular weight is 259 g/mol. The molecule has 2 aromatic rings. The summed E-state index contributed by atoms with van der Waals surface area (Å²) in [6.45, 7) is 4.91. The van der Waals surface area contributed by atoms with Crippen molar-refractivity contribution in [3.63, 3.8) is 0 Å². The van der Waals surface area contributed by atoms with Crippen LogP contribution < -0.4 is 5.73 Å². The highest BCUT2D eigenvalue weighted by molar-refractivity contribution is 5.85. The predicted molar refractivity (Wildman–Crippen MR) is 77.7 cm³/mol. The van der Waals surface area contributed by atoms with Crippen LogP contribution in [0.3, 0.4) is 0 Å². The van der Waals surface area contributed by atoms with E-state index in [4.69, 9.17) is 5.73 Å². The van der Waals surface area contributed by atoms with E-state index in [1.807, 2.05) is 55.9 Å². The van der Waals surface area contributed by atoms with Gasteiger partial charge in [-0.3, -0.25) is 4.79 Å². The van der Waals surface area contributed by atoms with Crippen LogP contribution in [0.2, 0.25) is 0 Å². The average Bonchev–Trinajstić information content (AvgIpc) is 2.80. The fourth-order valence-corrected chi connectivity index (χ4v) is 2.15. The Balaban J connectivity index is 2.29. The van der Waals surface area contributed by atoms with Gasteiger partial charge in [0, 0.05) is 36.7 Å². The lowest BCUT2D eigenvalue weighted by Gasteiger charge is -2.21. The quantitative estimate of drug-likeness (QED) is 0.912. The van der Waals surface area contributed by atoms with Crippen molar-refractivity contribution in [1.82, 2.24) is 9.47 Å². The maximum absolute atomic E-state index is 12.1. The monoisotopic (exact) mass is 259 g/mol. The third kappa shape index (κ3) is 2.63. The molecule has 19 heavy (non-hydrogen) atoms. The largest absolute Gasteiger partial charge is 0.342 e. The van der Waals surface area contributed by atoms with E-state index in [0.717, 1.165) is 16.5 Å². The van der Waals surface area contributed by atoms with E-state index in [1.165, 1.54) is 0 Å². The summed E-state index contributed by atoms with van der Waals surface area (Å²) < 4.78 is 1.98. The van der Waals surface area contributed by atoms with Crippen molar-refractivity contribution in [3.05, 3.63) is 36.0 Å². The van der Waals surface area contributed by atoms with Crippen molar-refractivity contribution >= 4 is 16.8 Å². The van der Waals surface area contributed by atoms with Crippen molar-refractivity contribution in [2.24, 2.45) is 5.73 Å². The number of rotatable bonds is 4. The van der Waals surface area contributed by atoms with Crippen molar-refractivity contribution in [2.45, 2.75) is 33.0 Å². The molecule has 0 saturated heterocycles. The van der Waals surface area contributed by atoms with Crippen LogP contribution in [0.1, 0.15) is 19.4 Å². The Morgan fingerprint density at radius 1 is 1.37 bits per heavy atom. The lowest BCUT2D eigenvalue weighted by Crippen LogP contribution is -2.35. The van der Waals surface area contributed by atoms with Gasteiger partial charge in [0.15, 0.2) is 0 Å². The second-order valence-corrected chi connectivity index (χ2v) is 5.10. The van der Waals surface area contributed by atoms with Crippen LogP contribution in [-0.2, 0) is 17.9 Å². The molecule has 0 aliphatic heterocycles. The third-order valence-electron chi connectivity index (χ3n) is 3.60. The van der Waals surface area contributed by atoms with Crippen LogP contribution in [-0.4, -0.2) is 28.5 Å². The van der Waals surface area contributed by atoms with Gasteiger partial charge in [-0.25, -0.2) is 0 Å². The number of benzene rings is 1. The maximum Gasteiger partial charge on any atom is 0.242 e. The summed E-state index contributed by atoms with van der Waals surface area (Å²) in [7, 11) is 1.84. The molecule has 0 fully saturated rings. The molecule has 0 aliphatic rings. The normalized spacial score (nSPS) is 11.2. The Kier molecular flexibility index (Phi) is 3.90. The summed E-state index contributed by atoms with van der Waals surface area (Å²) >= 11 is 0. The molecule has 2 rings (SSSR count). The molecule has 1 aromatic heterocycles. The topological polar surface area (TPSA) is 51.3 Å². The second kappa shape index (κ2) is 5.45. The second-order valence-electron chi connectivity index (χ2n) is 5.10. The van der Waals surface area contributed by atoms with Crippen LogP contribution in [0.4, 0.5) is 0 Å². The molecule has 1 amide bonds. The zero-order valence-electron chi connectivity index (χ0n) is 11.8. The Morgan fingerprint density at radius 3 is 2.74 bits per heavy atom. The first-order valence-corrected chi connectivity index (χ1v) is 6.57. The minimum absolute atomic E-state index is 0.116. The number of hydrogen-bond acceptors (Lipinski definition) is 2. The fourth-order valence-electron chi connectivity index (χ4n) is 2.15.